The molecule has 0 saturated carbocycles. The SMILES string of the molecule is CN(c1cccc2c1CCC2)[Si](C)(C)c1cccc(C(C)(C)C)c1O.[Cl][Zr][Cl]. The number of hydrogen-bond acceptors (Lipinski definition) is 2. The van der Waals surface area contributed by atoms with Crippen molar-refractivity contribution in [2.75, 3.05) is 11.6 Å². The summed E-state index contributed by atoms with van der Waals surface area (Å²) < 4.78 is 2.47. The molecule has 28 heavy (non-hydrogen) atoms. The number of para-hydroxylation sites is 1. The van der Waals surface area contributed by atoms with E-state index in [-0.39, 0.29) is 5.41 Å². The van der Waals surface area contributed by atoms with Crippen LogP contribution in [-0.2, 0) is 39.1 Å². The van der Waals surface area contributed by atoms with Crippen LogP contribution < -0.4 is 9.75 Å². The Bertz CT molecular complexity index is 821. The minimum absolute atomic E-state index is 0.0584. The quantitative estimate of drug-likeness (QED) is 0.499. The van der Waals surface area contributed by atoms with E-state index in [2.05, 4.69) is 81.9 Å². The molecule has 0 unspecified atom stereocenters. The van der Waals surface area contributed by atoms with E-state index in [1.165, 1.54) is 36.1 Å². The van der Waals surface area contributed by atoms with Crippen molar-refractivity contribution in [2.45, 2.75) is 58.5 Å². The molecule has 0 heterocycles. The fourth-order valence-electron chi connectivity index (χ4n) is 4.04. The van der Waals surface area contributed by atoms with Crippen LogP contribution in [0.4, 0.5) is 5.69 Å². The Morgan fingerprint density at radius 1 is 1.04 bits per heavy atom. The number of anilines is 1. The Balaban J connectivity index is 0.000000878. The van der Waals surface area contributed by atoms with Gasteiger partial charge in [0.15, 0.2) is 8.24 Å². The molecule has 152 valence electrons. The summed E-state index contributed by atoms with van der Waals surface area (Å²) in [5.74, 6) is 0.492. The van der Waals surface area contributed by atoms with Gasteiger partial charge in [-0.1, -0.05) is 51.1 Å². The topological polar surface area (TPSA) is 23.5 Å². The predicted molar refractivity (Wildman–Crippen MR) is 122 cm³/mol. The van der Waals surface area contributed by atoms with E-state index in [1.54, 1.807) is 0 Å². The van der Waals surface area contributed by atoms with Crippen LogP contribution in [0.3, 0.4) is 0 Å². The number of phenolic OH excluding ortho intramolecular Hbond substituents is 1. The third-order valence-corrected chi connectivity index (χ3v) is 9.46. The molecule has 1 N–H and O–H groups in total. The molecule has 0 radical (unpaired) electrons. The Kier molecular flexibility index (Phi) is 8.30. The third kappa shape index (κ3) is 5.06. The van der Waals surface area contributed by atoms with Crippen molar-refractivity contribution in [3.8, 4) is 5.75 Å². The van der Waals surface area contributed by atoms with Gasteiger partial charge in [-0.05, 0) is 67.6 Å². The first-order valence-corrected chi connectivity index (χ1v) is 19.0. The molecule has 0 saturated heterocycles. The van der Waals surface area contributed by atoms with Crippen LogP contribution in [0.5, 0.6) is 5.75 Å². The van der Waals surface area contributed by atoms with Crippen LogP contribution in [0, 0.1) is 0 Å². The maximum absolute atomic E-state index is 11.1. The second-order valence-electron chi connectivity index (χ2n) is 8.91. The van der Waals surface area contributed by atoms with Gasteiger partial charge in [0.25, 0.3) is 0 Å². The second kappa shape index (κ2) is 9.69. The first-order chi connectivity index (χ1) is 13.1. The van der Waals surface area contributed by atoms with Gasteiger partial charge in [0.05, 0.1) is 0 Å². The summed E-state index contributed by atoms with van der Waals surface area (Å²) in [5, 5.41) is 12.2. The van der Waals surface area contributed by atoms with Gasteiger partial charge in [0.1, 0.15) is 5.75 Å². The van der Waals surface area contributed by atoms with Crippen LogP contribution in [-0.4, -0.2) is 20.4 Å². The van der Waals surface area contributed by atoms with Gasteiger partial charge in [-0.15, -0.1) is 0 Å². The Labute approximate surface area is 190 Å². The van der Waals surface area contributed by atoms with Gasteiger partial charge in [-0.2, -0.15) is 0 Å². The van der Waals surface area contributed by atoms with Gasteiger partial charge >= 0.3 is 37.9 Å². The molecule has 1 aliphatic rings. The molecule has 0 bridgehead atoms. The van der Waals surface area contributed by atoms with E-state index in [4.69, 9.17) is 17.0 Å². The van der Waals surface area contributed by atoms with Crippen LogP contribution in [0.15, 0.2) is 36.4 Å². The normalized spacial score (nSPS) is 13.4. The minimum atomic E-state index is -2.04. The van der Waals surface area contributed by atoms with Gasteiger partial charge < -0.3 is 9.67 Å². The van der Waals surface area contributed by atoms with E-state index < -0.39 is 29.1 Å². The summed E-state index contributed by atoms with van der Waals surface area (Å²) in [6.07, 6.45) is 3.63. The monoisotopic (exact) mass is 513 g/mol. The summed E-state index contributed by atoms with van der Waals surface area (Å²) >= 11 is -0.826. The molecule has 0 atom stereocenters. The van der Waals surface area contributed by atoms with Crippen molar-refractivity contribution in [1.29, 1.82) is 0 Å². The fraction of sp³-hybridized carbons (Fsp3) is 0.455. The van der Waals surface area contributed by atoms with Crippen molar-refractivity contribution in [1.82, 2.24) is 0 Å². The molecular weight excluding hydrogens is 484 g/mol. The van der Waals surface area contributed by atoms with Gasteiger partial charge in [-0.25, -0.2) is 0 Å². The number of aromatic hydroxyl groups is 1. The summed E-state index contributed by atoms with van der Waals surface area (Å²) in [6, 6.07) is 13.0. The summed E-state index contributed by atoms with van der Waals surface area (Å²) in [7, 11) is 10.0. The molecule has 0 fully saturated rings. The molecule has 1 aliphatic carbocycles. The summed E-state index contributed by atoms with van der Waals surface area (Å²) in [4.78, 5) is 0. The maximum atomic E-state index is 11.1. The first-order valence-electron chi connectivity index (χ1n) is 9.69. The Morgan fingerprint density at radius 2 is 1.64 bits per heavy atom. The molecule has 0 aliphatic heterocycles. The van der Waals surface area contributed by atoms with Gasteiger partial charge in [-0.3, -0.25) is 0 Å². The molecular formula is C22H31Cl2NOSiZr. The number of halogens is 2. The van der Waals surface area contributed by atoms with Crippen molar-refractivity contribution in [3.05, 3.63) is 53.1 Å². The number of benzene rings is 2. The molecule has 2 aromatic carbocycles. The number of rotatable bonds is 3. The van der Waals surface area contributed by atoms with Crippen molar-refractivity contribution >= 4 is 36.1 Å². The summed E-state index contributed by atoms with van der Waals surface area (Å²) in [5.41, 5.74) is 5.35. The zero-order valence-electron chi connectivity index (χ0n) is 17.7. The molecule has 0 amide bonds. The first kappa shape index (κ1) is 24.0. The number of aryl methyl sites for hydroxylation is 1. The van der Waals surface area contributed by atoms with E-state index in [9.17, 15) is 5.11 Å². The van der Waals surface area contributed by atoms with E-state index in [0.29, 0.717) is 5.75 Å². The van der Waals surface area contributed by atoms with Gasteiger partial charge in [0, 0.05) is 10.9 Å². The number of hydrogen-bond donors (Lipinski definition) is 1. The van der Waals surface area contributed by atoms with Crippen molar-refractivity contribution in [3.63, 3.8) is 0 Å². The molecule has 2 aromatic rings. The van der Waals surface area contributed by atoms with Crippen LogP contribution in [0.1, 0.15) is 43.9 Å². The van der Waals surface area contributed by atoms with Crippen molar-refractivity contribution in [2.24, 2.45) is 0 Å². The van der Waals surface area contributed by atoms with Crippen LogP contribution >= 0.6 is 17.0 Å². The third-order valence-electron chi connectivity index (χ3n) is 5.82. The van der Waals surface area contributed by atoms with E-state index in [0.717, 1.165) is 10.8 Å². The van der Waals surface area contributed by atoms with Gasteiger partial charge in [0.2, 0.25) is 0 Å². The number of fused-ring (bicyclic) bond motifs is 1. The average Bonchev–Trinajstić information content (AvgIpc) is 3.09. The second-order valence-corrected chi connectivity index (χ2v) is 17.0. The Morgan fingerprint density at radius 3 is 2.25 bits per heavy atom. The molecule has 6 heteroatoms. The Hall–Kier alpha value is -0.280. The van der Waals surface area contributed by atoms with E-state index >= 15 is 0 Å². The standard InChI is InChI=1S/C22H31NOSi.2ClH.Zr/c1-22(2,3)18-13-9-15-20(21(18)24)25(5,6)23(4)19-14-8-11-16-10-7-12-17(16)19;;;/h8-9,11,13-15,24H,7,10,12H2,1-6H3;2*1H;/q;;;+2/p-2. The molecule has 3 rings (SSSR count). The van der Waals surface area contributed by atoms with Crippen molar-refractivity contribution < 1.29 is 26.0 Å². The zero-order chi connectivity index (χ0) is 21.1. The number of phenols is 1. The average molecular weight is 516 g/mol. The fourth-order valence-corrected chi connectivity index (χ4v) is 6.43. The molecule has 2 nitrogen and oxygen atoms in total. The van der Waals surface area contributed by atoms with E-state index in [1.807, 2.05) is 0 Å². The van der Waals surface area contributed by atoms with Crippen LogP contribution in [0.2, 0.25) is 13.1 Å². The molecule has 0 spiro atoms. The predicted octanol–water partition coefficient (Wildman–Crippen LogP) is 6.10. The zero-order valence-corrected chi connectivity index (χ0v) is 22.7. The number of nitrogens with zero attached hydrogens (tertiary/aromatic N) is 1. The summed E-state index contributed by atoms with van der Waals surface area (Å²) in [6.45, 7) is 11.2. The molecule has 0 aromatic heterocycles. The van der Waals surface area contributed by atoms with Crippen LogP contribution in [0.25, 0.3) is 0 Å².